The number of rotatable bonds is 8. The van der Waals surface area contributed by atoms with Gasteiger partial charge >= 0.3 is 5.97 Å². The summed E-state index contributed by atoms with van der Waals surface area (Å²) in [6, 6.07) is 0. The molecule has 1 atom stereocenters. The van der Waals surface area contributed by atoms with Crippen molar-refractivity contribution in [1.29, 1.82) is 0 Å². The van der Waals surface area contributed by atoms with Crippen LogP contribution in [0, 0.1) is 5.92 Å². The van der Waals surface area contributed by atoms with Gasteiger partial charge in [0.2, 0.25) is 0 Å². The van der Waals surface area contributed by atoms with Crippen molar-refractivity contribution >= 4 is 23.5 Å². The molecule has 0 aliphatic rings. The van der Waals surface area contributed by atoms with Crippen LogP contribution in [0.15, 0.2) is 0 Å². The molecule has 0 aromatic heterocycles. The highest BCUT2D eigenvalue weighted by Gasteiger charge is 2.26. The fraction of sp³-hybridized carbons (Fsp3) is 0.818. The van der Waals surface area contributed by atoms with Crippen LogP contribution in [0.25, 0.3) is 0 Å². The van der Waals surface area contributed by atoms with Gasteiger partial charge in [0.05, 0.1) is 12.4 Å². The van der Waals surface area contributed by atoms with Crippen LogP contribution < -0.4 is 0 Å². The molecule has 0 aromatic carbocycles. The highest BCUT2D eigenvalue weighted by atomic mass is 32.2. The predicted molar refractivity (Wildman–Crippen MR) is 63.0 cm³/mol. The zero-order valence-electron chi connectivity index (χ0n) is 9.75. The number of hydrogen-bond acceptors (Lipinski definition) is 4. The summed E-state index contributed by atoms with van der Waals surface area (Å²) in [4.78, 5) is 23.2. The first kappa shape index (κ1) is 14.5. The molecule has 0 fully saturated rings. The summed E-state index contributed by atoms with van der Waals surface area (Å²) in [6.07, 6.45) is 1.42. The van der Waals surface area contributed by atoms with Crippen LogP contribution >= 0.6 is 11.8 Å². The lowest BCUT2D eigenvalue weighted by Gasteiger charge is -2.12. The Bertz CT molecular complexity index is 204. The molecule has 0 bridgehead atoms. The minimum Gasteiger partial charge on any atom is -0.465 e. The molecule has 0 aliphatic heterocycles. The van der Waals surface area contributed by atoms with E-state index in [1.54, 1.807) is 18.7 Å². The Morgan fingerprint density at radius 3 is 2.40 bits per heavy atom. The van der Waals surface area contributed by atoms with Crippen molar-refractivity contribution in [3.63, 3.8) is 0 Å². The van der Waals surface area contributed by atoms with E-state index in [0.29, 0.717) is 18.8 Å². The Labute approximate surface area is 95.9 Å². The maximum absolute atomic E-state index is 11.7. The molecule has 15 heavy (non-hydrogen) atoms. The first-order valence-corrected chi connectivity index (χ1v) is 6.59. The molecule has 0 amide bonds. The minimum absolute atomic E-state index is 0.00199. The molecule has 0 aliphatic carbocycles. The zero-order chi connectivity index (χ0) is 11.7. The number of ketones is 1. The molecule has 0 radical (unpaired) electrons. The van der Waals surface area contributed by atoms with E-state index >= 15 is 0 Å². The maximum Gasteiger partial charge on any atom is 0.316 e. The molecule has 3 nitrogen and oxygen atoms in total. The van der Waals surface area contributed by atoms with E-state index in [9.17, 15) is 9.59 Å². The number of carbonyl (C=O) groups is 2. The second-order valence-corrected chi connectivity index (χ2v) is 4.47. The fourth-order valence-corrected chi connectivity index (χ4v) is 1.85. The Morgan fingerprint density at radius 2 is 1.93 bits per heavy atom. The quantitative estimate of drug-likeness (QED) is 0.476. The number of carbonyl (C=O) groups excluding carboxylic acids is 2. The third kappa shape index (κ3) is 5.82. The number of hydrogen-bond donors (Lipinski definition) is 0. The normalized spacial score (nSPS) is 12.2. The molecule has 0 aromatic rings. The fourth-order valence-electron chi connectivity index (χ4n) is 1.25. The zero-order valence-corrected chi connectivity index (χ0v) is 10.6. The molecular formula is C11H20O3S. The van der Waals surface area contributed by atoms with Crippen LogP contribution in [0.3, 0.4) is 0 Å². The number of Topliss-reactive ketones (excluding diaryl/α,β-unsaturated/α-hetero) is 1. The van der Waals surface area contributed by atoms with E-state index in [0.717, 1.165) is 12.2 Å². The Morgan fingerprint density at radius 1 is 1.27 bits per heavy atom. The highest BCUT2D eigenvalue weighted by Crippen LogP contribution is 2.13. The average molecular weight is 232 g/mol. The largest absolute Gasteiger partial charge is 0.465 e. The van der Waals surface area contributed by atoms with Crippen molar-refractivity contribution in [3.05, 3.63) is 0 Å². The van der Waals surface area contributed by atoms with Crippen molar-refractivity contribution in [2.75, 3.05) is 18.1 Å². The minimum atomic E-state index is -0.547. The van der Waals surface area contributed by atoms with Crippen LogP contribution in [0.5, 0.6) is 0 Å². The third-order valence-corrected chi connectivity index (χ3v) is 2.88. The molecule has 0 rings (SSSR count). The van der Waals surface area contributed by atoms with E-state index in [1.807, 2.05) is 13.8 Å². The van der Waals surface area contributed by atoms with E-state index < -0.39 is 5.92 Å². The Kier molecular flexibility index (Phi) is 8.47. The van der Waals surface area contributed by atoms with Gasteiger partial charge in [-0.1, -0.05) is 20.3 Å². The lowest BCUT2D eigenvalue weighted by Crippen LogP contribution is -2.27. The summed E-state index contributed by atoms with van der Waals surface area (Å²) in [5, 5.41) is 0. The molecule has 0 N–H and O–H groups in total. The van der Waals surface area contributed by atoms with Crippen molar-refractivity contribution in [1.82, 2.24) is 0 Å². The van der Waals surface area contributed by atoms with Gasteiger partial charge in [-0.3, -0.25) is 9.59 Å². The highest BCUT2D eigenvalue weighted by molar-refractivity contribution is 7.99. The van der Waals surface area contributed by atoms with Gasteiger partial charge < -0.3 is 4.74 Å². The van der Waals surface area contributed by atoms with Crippen LogP contribution in [-0.4, -0.2) is 29.9 Å². The van der Waals surface area contributed by atoms with Gasteiger partial charge in [0.1, 0.15) is 5.92 Å². The molecule has 4 heteroatoms. The first-order valence-electron chi connectivity index (χ1n) is 5.44. The van der Waals surface area contributed by atoms with Crippen LogP contribution in [0.1, 0.15) is 33.6 Å². The third-order valence-electron chi connectivity index (χ3n) is 1.99. The van der Waals surface area contributed by atoms with Gasteiger partial charge in [0.25, 0.3) is 0 Å². The second-order valence-electron chi connectivity index (χ2n) is 3.20. The van der Waals surface area contributed by atoms with E-state index in [4.69, 9.17) is 4.74 Å². The summed E-state index contributed by atoms with van der Waals surface area (Å²) < 4.78 is 4.89. The monoisotopic (exact) mass is 232 g/mol. The summed E-state index contributed by atoms with van der Waals surface area (Å²) in [6.45, 7) is 6.06. The number of esters is 1. The first-order chi connectivity index (χ1) is 7.17. The van der Waals surface area contributed by atoms with Crippen molar-refractivity contribution in [3.8, 4) is 0 Å². The molecule has 0 saturated carbocycles. The van der Waals surface area contributed by atoms with Gasteiger partial charge in [-0.25, -0.2) is 0 Å². The predicted octanol–water partition coefficient (Wildman–Crippen LogP) is 2.29. The lowest BCUT2D eigenvalue weighted by atomic mass is 10.00. The van der Waals surface area contributed by atoms with Gasteiger partial charge in [-0.05, 0) is 19.1 Å². The SMILES string of the molecule is CCCC(C(=O)CSCC)C(=O)OCC. The van der Waals surface area contributed by atoms with Crippen molar-refractivity contribution in [2.24, 2.45) is 5.92 Å². The summed E-state index contributed by atoms with van der Waals surface area (Å²) >= 11 is 1.55. The lowest BCUT2D eigenvalue weighted by molar-refractivity contribution is -0.151. The van der Waals surface area contributed by atoms with E-state index in [2.05, 4.69) is 0 Å². The van der Waals surface area contributed by atoms with Gasteiger partial charge in [0, 0.05) is 0 Å². The van der Waals surface area contributed by atoms with Gasteiger partial charge in [-0.2, -0.15) is 11.8 Å². The number of thioether (sulfide) groups is 1. The second kappa shape index (κ2) is 8.77. The van der Waals surface area contributed by atoms with E-state index in [-0.39, 0.29) is 11.8 Å². The molecule has 0 saturated heterocycles. The summed E-state index contributed by atoms with van der Waals surface area (Å²) in [5.74, 6) is 0.408. The van der Waals surface area contributed by atoms with E-state index in [1.165, 1.54) is 0 Å². The maximum atomic E-state index is 11.7. The number of ether oxygens (including phenoxy) is 1. The molecular weight excluding hydrogens is 212 g/mol. The topological polar surface area (TPSA) is 43.4 Å². The smallest absolute Gasteiger partial charge is 0.316 e. The van der Waals surface area contributed by atoms with Crippen LogP contribution in [-0.2, 0) is 14.3 Å². The standard InChI is InChI=1S/C11H20O3S/c1-4-7-9(11(13)14-5-2)10(12)8-15-6-3/h9H,4-8H2,1-3H3. The molecule has 0 heterocycles. The van der Waals surface area contributed by atoms with Crippen molar-refractivity contribution in [2.45, 2.75) is 33.6 Å². The molecule has 1 unspecified atom stereocenters. The van der Waals surface area contributed by atoms with Crippen molar-refractivity contribution < 1.29 is 14.3 Å². The molecule has 0 spiro atoms. The van der Waals surface area contributed by atoms with Crippen LogP contribution in [0.2, 0.25) is 0 Å². The molecule has 88 valence electrons. The Hall–Kier alpha value is -0.510. The average Bonchev–Trinajstić information content (AvgIpc) is 2.22. The summed E-state index contributed by atoms with van der Waals surface area (Å²) in [7, 11) is 0. The van der Waals surface area contributed by atoms with Gasteiger partial charge in [0.15, 0.2) is 5.78 Å². The Balaban J connectivity index is 4.23. The van der Waals surface area contributed by atoms with Crippen LogP contribution in [0.4, 0.5) is 0 Å². The summed E-state index contributed by atoms with van der Waals surface area (Å²) in [5.41, 5.74) is 0. The van der Waals surface area contributed by atoms with Gasteiger partial charge in [-0.15, -0.1) is 0 Å².